The summed E-state index contributed by atoms with van der Waals surface area (Å²) in [5.41, 5.74) is 6.89. The van der Waals surface area contributed by atoms with E-state index in [1.54, 1.807) is 24.3 Å². The van der Waals surface area contributed by atoms with Crippen LogP contribution < -0.4 is 31.2 Å². The molecule has 14 heteroatoms. The van der Waals surface area contributed by atoms with Crippen LogP contribution in [0.25, 0.3) is 0 Å². The second-order valence-electron chi connectivity index (χ2n) is 9.39. The predicted octanol–water partition coefficient (Wildman–Crippen LogP) is 4.90. The van der Waals surface area contributed by atoms with Crippen molar-refractivity contribution in [3.05, 3.63) is 59.7 Å². The molecule has 1 saturated carbocycles. The molecule has 1 aromatic heterocycles. The van der Waals surface area contributed by atoms with E-state index in [9.17, 15) is 18.0 Å². The molecule has 5 N–H and O–H groups in total. The summed E-state index contributed by atoms with van der Waals surface area (Å²) in [6, 6.07) is 13.6. The van der Waals surface area contributed by atoms with Gasteiger partial charge in [-0.25, -0.2) is 0 Å². The van der Waals surface area contributed by atoms with Crippen LogP contribution in [0.1, 0.15) is 41.6 Å². The van der Waals surface area contributed by atoms with Gasteiger partial charge in [0.15, 0.2) is 6.61 Å². The van der Waals surface area contributed by atoms with Crippen LogP contribution in [0.3, 0.4) is 0 Å². The molecule has 1 heterocycles. The molecule has 1 amide bonds. The third-order valence-corrected chi connectivity index (χ3v) is 6.66. The number of carbonyl (C=O) groups excluding carboxylic acids is 1. The molecule has 0 aliphatic heterocycles. The van der Waals surface area contributed by atoms with Gasteiger partial charge in [0.2, 0.25) is 11.9 Å². The van der Waals surface area contributed by atoms with Gasteiger partial charge in [-0.05, 0) is 74.2 Å². The van der Waals surface area contributed by atoms with Crippen LogP contribution in [-0.2, 0) is 5.54 Å². The SMILES string of the molecule is NCCCNC(=O)c1ccc(Nc2nc(NC3(c4ccc(OCCCBr)cc4)CC3)nc(OCC(F)(F)F)n2)cc1. The minimum atomic E-state index is -4.57. The maximum absolute atomic E-state index is 12.8. The average molecular weight is 638 g/mol. The second-order valence-corrected chi connectivity index (χ2v) is 10.2. The molecule has 1 aliphatic rings. The highest BCUT2D eigenvalue weighted by molar-refractivity contribution is 9.09. The van der Waals surface area contributed by atoms with Crippen molar-refractivity contribution in [1.29, 1.82) is 0 Å². The summed E-state index contributed by atoms with van der Waals surface area (Å²) in [4.78, 5) is 24.7. The standard InChI is InChI=1S/C27H31BrF3N7O3/c28-13-1-16-40-21-9-5-19(6-10-21)26(11-12-26)38-24-35-23(36-25(37-24)41-17-27(29,30)31)34-20-7-3-18(4-8-20)22(39)33-15-2-14-32/h3-10H,1-2,11-17,32H2,(H,33,39)(H2,34,35,36,37,38). The minimum Gasteiger partial charge on any atom is -0.494 e. The van der Waals surface area contributed by atoms with Gasteiger partial charge in [0, 0.05) is 23.1 Å². The smallest absolute Gasteiger partial charge is 0.422 e. The maximum Gasteiger partial charge on any atom is 0.422 e. The number of nitrogens with one attached hydrogen (secondary N) is 3. The van der Waals surface area contributed by atoms with Crippen molar-refractivity contribution in [1.82, 2.24) is 20.3 Å². The van der Waals surface area contributed by atoms with Crippen molar-refractivity contribution in [2.45, 2.75) is 37.4 Å². The Kier molecular flexibility index (Phi) is 10.2. The van der Waals surface area contributed by atoms with Gasteiger partial charge in [0.05, 0.1) is 12.1 Å². The van der Waals surface area contributed by atoms with Crippen LogP contribution in [0.2, 0.25) is 0 Å². The van der Waals surface area contributed by atoms with E-state index in [0.29, 0.717) is 37.4 Å². The second kappa shape index (κ2) is 13.8. The summed E-state index contributed by atoms with van der Waals surface area (Å²) in [5, 5.41) is 9.83. The summed E-state index contributed by atoms with van der Waals surface area (Å²) in [6.45, 7) is -0.0141. The Morgan fingerprint density at radius 3 is 2.32 bits per heavy atom. The van der Waals surface area contributed by atoms with E-state index < -0.39 is 24.3 Å². The van der Waals surface area contributed by atoms with Crippen LogP contribution in [0.5, 0.6) is 11.8 Å². The Bertz CT molecular complexity index is 1290. The molecule has 10 nitrogen and oxygen atoms in total. The molecule has 0 radical (unpaired) electrons. The summed E-state index contributed by atoms with van der Waals surface area (Å²) >= 11 is 3.37. The normalized spacial score (nSPS) is 13.8. The van der Waals surface area contributed by atoms with E-state index >= 15 is 0 Å². The van der Waals surface area contributed by atoms with Gasteiger partial charge in [0.25, 0.3) is 5.91 Å². The number of halogens is 4. The Hall–Kier alpha value is -3.65. The summed E-state index contributed by atoms with van der Waals surface area (Å²) in [5.74, 6) is 0.545. The number of aromatic nitrogens is 3. The van der Waals surface area contributed by atoms with Gasteiger partial charge in [-0.1, -0.05) is 28.1 Å². The number of anilines is 3. The first kappa shape index (κ1) is 30.3. The molecule has 2 aromatic carbocycles. The molecule has 1 fully saturated rings. The summed E-state index contributed by atoms with van der Waals surface area (Å²) in [7, 11) is 0. The van der Waals surface area contributed by atoms with E-state index in [2.05, 4.69) is 46.8 Å². The number of rotatable bonds is 15. The highest BCUT2D eigenvalue weighted by Gasteiger charge is 2.45. The molecule has 0 unspecified atom stereocenters. The van der Waals surface area contributed by atoms with Crippen LogP contribution in [0.15, 0.2) is 48.5 Å². The first-order valence-corrected chi connectivity index (χ1v) is 14.2. The average Bonchev–Trinajstić information content (AvgIpc) is 3.73. The van der Waals surface area contributed by atoms with Crippen molar-refractivity contribution in [2.24, 2.45) is 5.73 Å². The zero-order valence-corrected chi connectivity index (χ0v) is 23.7. The Morgan fingerprint density at radius 1 is 0.976 bits per heavy atom. The number of hydrogen-bond acceptors (Lipinski definition) is 9. The molecule has 3 aromatic rings. The number of alkyl halides is 4. The highest BCUT2D eigenvalue weighted by Crippen LogP contribution is 2.48. The molecule has 0 spiro atoms. The van der Waals surface area contributed by atoms with E-state index in [0.717, 1.165) is 35.9 Å². The fraction of sp³-hybridized carbons (Fsp3) is 0.407. The zero-order chi connectivity index (χ0) is 29.3. The summed E-state index contributed by atoms with van der Waals surface area (Å²) in [6.07, 6.45) is -1.46. The molecular weight excluding hydrogens is 607 g/mol. The Labute approximate surface area is 243 Å². The van der Waals surface area contributed by atoms with E-state index in [4.69, 9.17) is 15.2 Å². The van der Waals surface area contributed by atoms with Gasteiger partial charge in [-0.15, -0.1) is 0 Å². The molecule has 1 aliphatic carbocycles. The maximum atomic E-state index is 12.8. The van der Waals surface area contributed by atoms with Crippen LogP contribution in [0, 0.1) is 0 Å². The van der Waals surface area contributed by atoms with Crippen molar-refractivity contribution < 1.29 is 27.4 Å². The van der Waals surface area contributed by atoms with Crippen LogP contribution >= 0.6 is 15.9 Å². The highest BCUT2D eigenvalue weighted by atomic mass is 79.9. The van der Waals surface area contributed by atoms with Gasteiger partial charge in [-0.2, -0.15) is 28.1 Å². The third-order valence-electron chi connectivity index (χ3n) is 6.10. The van der Waals surface area contributed by atoms with Crippen molar-refractivity contribution in [2.75, 3.05) is 42.3 Å². The zero-order valence-electron chi connectivity index (χ0n) is 22.1. The largest absolute Gasteiger partial charge is 0.494 e. The van der Waals surface area contributed by atoms with Crippen molar-refractivity contribution in [3.63, 3.8) is 0 Å². The number of ether oxygens (including phenoxy) is 2. The van der Waals surface area contributed by atoms with Gasteiger partial charge in [-0.3, -0.25) is 4.79 Å². The monoisotopic (exact) mass is 637 g/mol. The Morgan fingerprint density at radius 2 is 1.68 bits per heavy atom. The van der Waals surface area contributed by atoms with Gasteiger partial charge < -0.3 is 31.2 Å². The van der Waals surface area contributed by atoms with Gasteiger partial charge >= 0.3 is 12.2 Å². The number of nitrogens with two attached hydrogens (primary N) is 1. The molecule has 0 saturated heterocycles. The lowest BCUT2D eigenvalue weighted by Crippen LogP contribution is -2.25. The fourth-order valence-electron chi connectivity index (χ4n) is 3.86. The number of nitrogens with zero attached hydrogens (tertiary/aromatic N) is 3. The first-order chi connectivity index (χ1) is 19.7. The predicted molar refractivity (Wildman–Crippen MR) is 152 cm³/mol. The van der Waals surface area contributed by atoms with Crippen LogP contribution in [-0.4, -0.2) is 58.7 Å². The molecule has 41 heavy (non-hydrogen) atoms. The Balaban J connectivity index is 1.49. The molecule has 0 atom stereocenters. The molecule has 4 rings (SSSR count). The lowest BCUT2D eigenvalue weighted by Gasteiger charge is -2.19. The number of amides is 1. The van der Waals surface area contributed by atoms with Crippen molar-refractivity contribution in [3.8, 4) is 11.8 Å². The lowest BCUT2D eigenvalue weighted by atomic mass is 10.1. The molecular formula is C27H31BrF3N7O3. The van der Waals surface area contributed by atoms with E-state index in [1.165, 1.54) is 0 Å². The number of carbonyl (C=O) groups is 1. The number of hydrogen-bond donors (Lipinski definition) is 4. The summed E-state index contributed by atoms with van der Waals surface area (Å²) < 4.78 is 49.1. The molecule has 0 bridgehead atoms. The van der Waals surface area contributed by atoms with Gasteiger partial charge in [0.1, 0.15) is 5.75 Å². The third kappa shape index (κ3) is 9.18. The van der Waals surface area contributed by atoms with E-state index in [1.807, 2.05) is 24.3 Å². The fourth-order valence-corrected chi connectivity index (χ4v) is 4.09. The first-order valence-electron chi connectivity index (χ1n) is 13.1. The lowest BCUT2D eigenvalue weighted by molar-refractivity contribution is -0.154. The quantitative estimate of drug-likeness (QED) is 0.135. The number of benzene rings is 2. The minimum absolute atomic E-state index is 0.0221. The topological polar surface area (TPSA) is 136 Å². The molecule has 220 valence electrons. The van der Waals surface area contributed by atoms with Crippen LogP contribution in [0.4, 0.5) is 30.8 Å². The van der Waals surface area contributed by atoms with Crippen molar-refractivity contribution >= 4 is 39.4 Å². The van der Waals surface area contributed by atoms with E-state index in [-0.39, 0.29) is 17.8 Å².